The van der Waals surface area contributed by atoms with Gasteiger partial charge in [-0.3, -0.25) is 5.10 Å². The van der Waals surface area contributed by atoms with Crippen LogP contribution in [0.5, 0.6) is 0 Å². The van der Waals surface area contributed by atoms with Gasteiger partial charge >= 0.3 is 0 Å². The molecule has 2 aromatic heterocycles. The van der Waals surface area contributed by atoms with Gasteiger partial charge in [0.2, 0.25) is 0 Å². The van der Waals surface area contributed by atoms with Crippen LogP contribution >= 0.6 is 11.6 Å². The Balaban J connectivity index is 1.64. The number of likely N-dealkylation sites (N-methyl/N-ethyl adjacent to an activating group) is 1. The van der Waals surface area contributed by atoms with Crippen LogP contribution in [0.1, 0.15) is 16.8 Å². The molecule has 0 atom stereocenters. The molecule has 2 aliphatic rings. The van der Waals surface area contributed by atoms with Gasteiger partial charge in [-0.25, -0.2) is 9.98 Å². The van der Waals surface area contributed by atoms with Crippen molar-refractivity contribution in [3.63, 3.8) is 0 Å². The zero-order valence-corrected chi connectivity index (χ0v) is 17.2. The lowest BCUT2D eigenvalue weighted by atomic mass is 10.0. The van der Waals surface area contributed by atoms with Gasteiger partial charge in [-0.05, 0) is 20.0 Å². The third-order valence-electron chi connectivity index (χ3n) is 5.49. The fourth-order valence-electron chi connectivity index (χ4n) is 3.75. The first-order valence-electron chi connectivity index (χ1n) is 9.69. The highest BCUT2D eigenvalue weighted by atomic mass is 35.5. The Bertz CT molecular complexity index is 1100. The second kappa shape index (κ2) is 7.17. The largest absolute Gasteiger partial charge is 0.354 e. The van der Waals surface area contributed by atoms with E-state index in [4.69, 9.17) is 21.6 Å². The smallest absolute Gasteiger partial charge is 0.178 e. The minimum absolute atomic E-state index is 0.657. The van der Waals surface area contributed by atoms with Crippen molar-refractivity contribution in [2.75, 3.05) is 43.4 Å². The SMILES string of the molecule is Cc1[nH]nc2c1N=C(c1ccccc1Cl)c1cnc(N3CCN(C)CC3)cc1N2. The van der Waals surface area contributed by atoms with Crippen LogP contribution in [-0.4, -0.2) is 59.0 Å². The minimum atomic E-state index is 0.657. The lowest BCUT2D eigenvalue weighted by Gasteiger charge is -2.33. The number of benzene rings is 1. The molecule has 0 amide bonds. The first kappa shape index (κ1) is 18.1. The van der Waals surface area contributed by atoms with E-state index in [0.717, 1.165) is 65.9 Å². The van der Waals surface area contributed by atoms with Gasteiger partial charge in [0.15, 0.2) is 5.82 Å². The summed E-state index contributed by atoms with van der Waals surface area (Å²) >= 11 is 6.53. The van der Waals surface area contributed by atoms with Crippen LogP contribution in [0.25, 0.3) is 0 Å². The molecule has 8 heteroatoms. The Morgan fingerprint density at radius 2 is 1.86 bits per heavy atom. The van der Waals surface area contributed by atoms with Crippen LogP contribution in [0.4, 0.5) is 23.0 Å². The molecule has 29 heavy (non-hydrogen) atoms. The molecule has 5 rings (SSSR count). The standard InChI is InChI=1S/C21H22ClN7/c1-13-19-21(27-26-13)24-17-11-18(29-9-7-28(2)8-10-29)23-12-15(17)20(25-19)14-5-3-4-6-16(14)22/h3-6,11-12H,7-10H2,1-2H3,(H2,24,26,27). The second-order valence-electron chi connectivity index (χ2n) is 7.49. The fourth-order valence-corrected chi connectivity index (χ4v) is 3.98. The third kappa shape index (κ3) is 3.26. The number of hydrogen-bond acceptors (Lipinski definition) is 6. The zero-order valence-electron chi connectivity index (χ0n) is 16.4. The van der Waals surface area contributed by atoms with Gasteiger partial charge in [-0.15, -0.1) is 0 Å². The topological polar surface area (TPSA) is 72.4 Å². The predicted molar refractivity (Wildman–Crippen MR) is 117 cm³/mol. The van der Waals surface area contributed by atoms with Crippen molar-refractivity contribution >= 4 is 40.3 Å². The number of fused-ring (bicyclic) bond motifs is 2. The van der Waals surface area contributed by atoms with Crippen molar-refractivity contribution < 1.29 is 0 Å². The maximum absolute atomic E-state index is 6.53. The van der Waals surface area contributed by atoms with Crippen LogP contribution in [0.2, 0.25) is 5.02 Å². The number of H-pyrrole nitrogens is 1. The quantitative estimate of drug-likeness (QED) is 0.529. The number of aryl methyl sites for hydroxylation is 1. The number of aromatic amines is 1. The molecule has 1 fully saturated rings. The number of halogens is 1. The Morgan fingerprint density at radius 1 is 1.07 bits per heavy atom. The monoisotopic (exact) mass is 407 g/mol. The molecule has 148 valence electrons. The number of rotatable bonds is 2. The number of anilines is 3. The number of nitrogens with zero attached hydrogens (tertiary/aromatic N) is 5. The van der Waals surface area contributed by atoms with Gasteiger partial charge in [-0.1, -0.05) is 29.8 Å². The molecule has 0 saturated carbocycles. The molecule has 0 spiro atoms. The van der Waals surface area contributed by atoms with Crippen LogP contribution in [0.15, 0.2) is 41.5 Å². The summed E-state index contributed by atoms with van der Waals surface area (Å²) in [5, 5.41) is 11.5. The van der Waals surface area contributed by atoms with E-state index in [-0.39, 0.29) is 0 Å². The minimum Gasteiger partial charge on any atom is -0.354 e. The summed E-state index contributed by atoms with van der Waals surface area (Å²) < 4.78 is 0. The molecule has 0 radical (unpaired) electrons. The van der Waals surface area contributed by atoms with Crippen molar-refractivity contribution in [2.24, 2.45) is 4.99 Å². The normalized spacial score (nSPS) is 16.5. The van der Waals surface area contributed by atoms with E-state index in [1.165, 1.54) is 0 Å². The fraction of sp³-hybridized carbons (Fsp3) is 0.286. The molecule has 0 unspecified atom stereocenters. The third-order valence-corrected chi connectivity index (χ3v) is 5.82. The Morgan fingerprint density at radius 3 is 2.66 bits per heavy atom. The number of aromatic nitrogens is 3. The van der Waals surface area contributed by atoms with Crippen molar-refractivity contribution in [3.8, 4) is 0 Å². The lowest BCUT2D eigenvalue weighted by Crippen LogP contribution is -2.44. The summed E-state index contributed by atoms with van der Waals surface area (Å²) in [5.41, 5.74) is 5.19. The lowest BCUT2D eigenvalue weighted by molar-refractivity contribution is 0.312. The highest BCUT2D eigenvalue weighted by Crippen LogP contribution is 2.38. The van der Waals surface area contributed by atoms with Crippen LogP contribution in [0, 0.1) is 6.92 Å². The zero-order chi connectivity index (χ0) is 20.0. The van der Waals surface area contributed by atoms with E-state index in [9.17, 15) is 0 Å². The van der Waals surface area contributed by atoms with Crippen LogP contribution in [-0.2, 0) is 0 Å². The van der Waals surface area contributed by atoms with Gasteiger partial charge in [0, 0.05) is 54.6 Å². The summed E-state index contributed by atoms with van der Waals surface area (Å²) in [6.45, 7) is 5.94. The average Bonchev–Trinajstić information content (AvgIpc) is 2.98. The van der Waals surface area contributed by atoms with Crippen LogP contribution < -0.4 is 10.2 Å². The van der Waals surface area contributed by atoms with Gasteiger partial charge in [0.25, 0.3) is 0 Å². The molecule has 0 aliphatic carbocycles. The van der Waals surface area contributed by atoms with Gasteiger partial charge in [0.1, 0.15) is 11.5 Å². The highest BCUT2D eigenvalue weighted by Gasteiger charge is 2.24. The number of pyridine rings is 1. The van der Waals surface area contributed by atoms with E-state index >= 15 is 0 Å². The molecule has 4 heterocycles. The van der Waals surface area contributed by atoms with Crippen LogP contribution in [0.3, 0.4) is 0 Å². The van der Waals surface area contributed by atoms with Crippen molar-refractivity contribution in [1.82, 2.24) is 20.1 Å². The Labute approximate surface area is 174 Å². The number of piperazine rings is 1. The summed E-state index contributed by atoms with van der Waals surface area (Å²) in [4.78, 5) is 14.4. The first-order chi connectivity index (χ1) is 14.1. The summed E-state index contributed by atoms with van der Waals surface area (Å²) in [6, 6.07) is 9.85. The molecule has 7 nitrogen and oxygen atoms in total. The maximum Gasteiger partial charge on any atom is 0.178 e. The molecule has 2 N–H and O–H groups in total. The van der Waals surface area contributed by atoms with E-state index in [2.05, 4.69) is 38.4 Å². The average molecular weight is 408 g/mol. The van der Waals surface area contributed by atoms with E-state index in [1.54, 1.807) is 0 Å². The molecular weight excluding hydrogens is 386 g/mol. The van der Waals surface area contributed by atoms with E-state index < -0.39 is 0 Å². The molecule has 0 bridgehead atoms. The number of nitrogens with one attached hydrogen (secondary N) is 2. The van der Waals surface area contributed by atoms with E-state index in [1.807, 2.05) is 37.4 Å². The molecule has 1 aromatic carbocycles. The van der Waals surface area contributed by atoms with Crippen molar-refractivity contribution in [1.29, 1.82) is 0 Å². The maximum atomic E-state index is 6.53. The van der Waals surface area contributed by atoms with Gasteiger partial charge < -0.3 is 15.1 Å². The first-order valence-corrected chi connectivity index (χ1v) is 10.1. The molecular formula is C21H22ClN7. The summed E-state index contributed by atoms with van der Waals surface area (Å²) in [7, 11) is 2.15. The van der Waals surface area contributed by atoms with Crippen molar-refractivity contribution in [3.05, 3.63) is 58.4 Å². The van der Waals surface area contributed by atoms with Crippen molar-refractivity contribution in [2.45, 2.75) is 6.92 Å². The number of aliphatic imine (C=N–C) groups is 1. The highest BCUT2D eigenvalue weighted by molar-refractivity contribution is 6.36. The Hall–Kier alpha value is -2.90. The predicted octanol–water partition coefficient (Wildman–Crippen LogP) is 3.74. The molecule has 3 aromatic rings. The summed E-state index contributed by atoms with van der Waals surface area (Å²) in [5.74, 6) is 1.67. The molecule has 1 saturated heterocycles. The molecule has 2 aliphatic heterocycles. The van der Waals surface area contributed by atoms with Gasteiger partial charge in [0.05, 0.1) is 17.1 Å². The number of hydrogen-bond donors (Lipinski definition) is 2. The summed E-state index contributed by atoms with van der Waals surface area (Å²) in [6.07, 6.45) is 1.89. The van der Waals surface area contributed by atoms with E-state index in [0.29, 0.717) is 10.8 Å². The van der Waals surface area contributed by atoms with Gasteiger partial charge in [-0.2, -0.15) is 5.10 Å². The second-order valence-corrected chi connectivity index (χ2v) is 7.90. The Kier molecular flexibility index (Phi) is 4.49.